The second kappa shape index (κ2) is 15.4. The number of nitrogens with one attached hydrogen (secondary N) is 3. The molecule has 230 valence electrons. The number of para-hydroxylation sites is 1. The lowest BCUT2D eigenvalue weighted by atomic mass is 9.84. The number of carbonyl (C=O) groups excluding carboxylic acids is 1. The van der Waals surface area contributed by atoms with Gasteiger partial charge < -0.3 is 25.8 Å². The summed E-state index contributed by atoms with van der Waals surface area (Å²) in [5, 5.41) is 27.8. The number of ether oxygens (including phenoxy) is 1. The van der Waals surface area contributed by atoms with Gasteiger partial charge in [-0.05, 0) is 53.3 Å². The quantitative estimate of drug-likeness (QED) is 0.133. The van der Waals surface area contributed by atoms with E-state index in [2.05, 4.69) is 22.0 Å². The van der Waals surface area contributed by atoms with Crippen molar-refractivity contribution in [3.63, 3.8) is 0 Å². The molecule has 0 saturated carbocycles. The van der Waals surface area contributed by atoms with Crippen LogP contribution in [0.1, 0.15) is 45.4 Å². The van der Waals surface area contributed by atoms with Crippen LogP contribution < -0.4 is 16.0 Å². The maximum absolute atomic E-state index is 13.9. The monoisotopic (exact) mass is 620 g/mol. The molecule has 8 nitrogen and oxygen atoms in total. The van der Waals surface area contributed by atoms with Crippen LogP contribution in [-0.2, 0) is 16.0 Å². The lowest BCUT2D eigenvalue weighted by molar-refractivity contribution is -0.118. The van der Waals surface area contributed by atoms with Gasteiger partial charge in [-0.3, -0.25) is 4.79 Å². The van der Waals surface area contributed by atoms with Gasteiger partial charge in [-0.15, -0.1) is 0 Å². The van der Waals surface area contributed by atoms with Crippen LogP contribution in [0.4, 0.5) is 10.5 Å². The number of carbonyl (C=O) groups is 2. The van der Waals surface area contributed by atoms with Gasteiger partial charge in [0.25, 0.3) is 0 Å². The van der Waals surface area contributed by atoms with Crippen LogP contribution in [0.2, 0.25) is 0 Å². The molecule has 0 aromatic heterocycles. The molecule has 1 aliphatic heterocycles. The number of rotatable bonds is 11. The van der Waals surface area contributed by atoms with Gasteiger partial charge in [0.1, 0.15) is 6.04 Å². The summed E-state index contributed by atoms with van der Waals surface area (Å²) in [7, 11) is 0. The zero-order chi connectivity index (χ0) is 31.6. The van der Waals surface area contributed by atoms with Gasteiger partial charge in [-0.2, -0.15) is 17.9 Å². The molecule has 45 heavy (non-hydrogen) atoms. The number of nitrogens with zero attached hydrogens (tertiary/aromatic N) is 1. The van der Waals surface area contributed by atoms with Crippen LogP contribution >= 0.6 is 12.6 Å². The highest BCUT2D eigenvalue weighted by Crippen LogP contribution is 2.31. The van der Waals surface area contributed by atoms with Crippen LogP contribution in [0.25, 0.3) is 0 Å². The zero-order valence-electron chi connectivity index (χ0n) is 24.7. The highest BCUT2D eigenvalue weighted by atomic mass is 32.1. The first-order valence-corrected chi connectivity index (χ1v) is 15.5. The normalized spacial score (nSPS) is 17.5. The minimum atomic E-state index is -1.28. The van der Waals surface area contributed by atoms with Gasteiger partial charge in [-0.25, -0.2) is 4.79 Å². The average molecular weight is 621 g/mol. The largest absolute Gasteiger partial charge is 0.465 e. The molecule has 1 aliphatic rings. The van der Waals surface area contributed by atoms with Gasteiger partial charge >= 0.3 is 6.09 Å². The van der Waals surface area contributed by atoms with Crippen LogP contribution in [0.15, 0.2) is 109 Å². The van der Waals surface area contributed by atoms with Crippen LogP contribution in [0, 0.1) is 11.3 Å². The molecular weight excluding hydrogens is 584 g/mol. The Morgan fingerprint density at radius 1 is 0.911 bits per heavy atom. The van der Waals surface area contributed by atoms with E-state index in [-0.39, 0.29) is 17.5 Å². The number of benzene rings is 4. The number of nitriles is 1. The van der Waals surface area contributed by atoms with Crippen molar-refractivity contribution in [2.45, 2.75) is 42.3 Å². The molecular formula is C36H36N4O4S. The van der Waals surface area contributed by atoms with Crippen molar-refractivity contribution in [1.29, 1.82) is 5.26 Å². The molecule has 4 atom stereocenters. The highest BCUT2D eigenvalue weighted by molar-refractivity contribution is 7.80. The number of aryl methyl sites for hydroxylation is 1. The second-order valence-electron chi connectivity index (χ2n) is 11.0. The minimum Gasteiger partial charge on any atom is -0.465 e. The topological polar surface area (TPSA) is 123 Å². The minimum absolute atomic E-state index is 0.0803. The summed E-state index contributed by atoms with van der Waals surface area (Å²) in [5.41, 5.74) is 4.72. The number of hydrogen-bond acceptors (Lipinski definition) is 6. The van der Waals surface area contributed by atoms with Gasteiger partial charge in [0.15, 0.2) is 0 Å². The van der Waals surface area contributed by atoms with E-state index >= 15 is 0 Å². The molecule has 0 bridgehead atoms. The fourth-order valence-electron chi connectivity index (χ4n) is 5.81. The molecule has 9 heteroatoms. The SMILES string of the molecule is N#Cc1cccc(C(S)[C@@H]2CNC[C@@H](CCc3ccccc3NC(=O)[C@@H](NC(=O)O)C(c3ccccc3)c3ccccc3)O2)c1. The van der Waals surface area contributed by atoms with E-state index < -0.39 is 24.0 Å². The van der Waals surface area contributed by atoms with Crippen molar-refractivity contribution in [2.75, 3.05) is 18.4 Å². The Bertz CT molecular complexity index is 1590. The summed E-state index contributed by atoms with van der Waals surface area (Å²) in [6, 6.07) is 35.0. The maximum Gasteiger partial charge on any atom is 0.405 e. The van der Waals surface area contributed by atoms with Crippen LogP contribution in [0.5, 0.6) is 0 Å². The predicted molar refractivity (Wildman–Crippen MR) is 177 cm³/mol. The van der Waals surface area contributed by atoms with E-state index in [9.17, 15) is 20.0 Å². The molecule has 2 amide bonds. The average Bonchev–Trinajstić information content (AvgIpc) is 3.08. The lowest BCUT2D eigenvalue weighted by Gasteiger charge is -2.34. The van der Waals surface area contributed by atoms with Gasteiger partial charge in [-0.1, -0.05) is 91.0 Å². The first-order chi connectivity index (χ1) is 21.9. The van der Waals surface area contributed by atoms with E-state index in [0.29, 0.717) is 37.2 Å². The van der Waals surface area contributed by atoms with E-state index in [1.54, 1.807) is 6.07 Å². The molecule has 1 unspecified atom stereocenters. The van der Waals surface area contributed by atoms with Crippen molar-refractivity contribution >= 4 is 30.3 Å². The van der Waals surface area contributed by atoms with Crippen molar-refractivity contribution in [2.24, 2.45) is 0 Å². The number of amides is 2. The zero-order valence-corrected chi connectivity index (χ0v) is 25.6. The van der Waals surface area contributed by atoms with Crippen molar-refractivity contribution in [1.82, 2.24) is 10.6 Å². The van der Waals surface area contributed by atoms with E-state index in [4.69, 9.17) is 17.4 Å². The summed E-state index contributed by atoms with van der Waals surface area (Å²) >= 11 is 4.82. The van der Waals surface area contributed by atoms with Gasteiger partial charge in [0.2, 0.25) is 5.91 Å². The maximum atomic E-state index is 13.9. The summed E-state index contributed by atoms with van der Waals surface area (Å²) < 4.78 is 6.45. The molecule has 1 fully saturated rings. The standard InChI is InChI=1S/C36H36N4O4S/c37-21-24-10-9-16-28(20-24)34(45)31-23-38-22-29(44-31)19-18-25-11-7-8-17-30(25)39-35(41)33(40-36(42)43)32(26-12-3-1-4-13-26)27-14-5-2-6-15-27/h1-17,20,29,31-34,38,40,45H,18-19,22-23H2,(H,39,41)(H,42,43)/t29-,31+,33+,34?/m1/s1. The third kappa shape index (κ3) is 8.31. The number of morpholine rings is 1. The fraction of sp³-hybridized carbons (Fsp3) is 0.250. The summed E-state index contributed by atoms with van der Waals surface area (Å²) in [5.74, 6) is -0.993. The molecule has 0 spiro atoms. The molecule has 0 radical (unpaired) electrons. The van der Waals surface area contributed by atoms with Crippen molar-refractivity contribution < 1.29 is 19.4 Å². The first-order valence-electron chi connectivity index (χ1n) is 15.0. The third-order valence-corrected chi connectivity index (χ3v) is 8.65. The summed E-state index contributed by atoms with van der Waals surface area (Å²) in [6.07, 6.45) is -0.203. The Morgan fingerprint density at radius 3 is 2.22 bits per heavy atom. The third-order valence-electron chi connectivity index (χ3n) is 8.02. The van der Waals surface area contributed by atoms with E-state index in [0.717, 1.165) is 22.3 Å². The van der Waals surface area contributed by atoms with Gasteiger partial charge in [0, 0.05) is 24.7 Å². The Morgan fingerprint density at radius 2 is 1.56 bits per heavy atom. The molecule has 1 saturated heterocycles. The molecule has 4 aromatic carbocycles. The molecule has 4 N–H and O–H groups in total. The predicted octanol–water partition coefficient (Wildman–Crippen LogP) is 5.93. The molecule has 4 aromatic rings. The second-order valence-corrected chi connectivity index (χ2v) is 11.6. The Kier molecular flexibility index (Phi) is 10.9. The smallest absolute Gasteiger partial charge is 0.405 e. The Hall–Kier alpha value is -4.62. The lowest BCUT2D eigenvalue weighted by Crippen LogP contribution is -2.47. The van der Waals surface area contributed by atoms with E-state index in [1.165, 1.54) is 0 Å². The number of carboxylic acid groups (broad SMARTS) is 1. The highest BCUT2D eigenvalue weighted by Gasteiger charge is 2.33. The van der Waals surface area contributed by atoms with Crippen molar-refractivity contribution in [3.8, 4) is 6.07 Å². The van der Waals surface area contributed by atoms with Crippen LogP contribution in [0.3, 0.4) is 0 Å². The molecule has 1 heterocycles. The van der Waals surface area contributed by atoms with Gasteiger partial charge in [0.05, 0.1) is 29.1 Å². The summed E-state index contributed by atoms with van der Waals surface area (Å²) in [4.78, 5) is 25.8. The number of anilines is 1. The number of hydrogen-bond donors (Lipinski definition) is 5. The Labute approximate surface area is 268 Å². The Balaban J connectivity index is 1.30. The molecule has 0 aliphatic carbocycles. The van der Waals surface area contributed by atoms with Crippen molar-refractivity contribution in [3.05, 3.63) is 137 Å². The first kappa shape index (κ1) is 31.8. The number of thiol groups is 1. The fourth-order valence-corrected chi connectivity index (χ4v) is 6.15. The molecule has 5 rings (SSSR count). The van der Waals surface area contributed by atoms with E-state index in [1.807, 2.05) is 103 Å². The van der Waals surface area contributed by atoms with Crippen LogP contribution in [-0.4, -0.2) is 48.4 Å². The summed E-state index contributed by atoms with van der Waals surface area (Å²) in [6.45, 7) is 1.33.